The lowest BCUT2D eigenvalue weighted by molar-refractivity contribution is -0.116. The fourth-order valence-electron chi connectivity index (χ4n) is 1.37. The third kappa shape index (κ3) is 5.68. The molecule has 0 radical (unpaired) electrons. The average Bonchev–Trinajstić information content (AvgIpc) is 2.29. The van der Waals surface area contributed by atoms with Gasteiger partial charge in [0.2, 0.25) is 5.91 Å². The van der Waals surface area contributed by atoms with Crippen LogP contribution >= 0.6 is 12.4 Å². The van der Waals surface area contributed by atoms with Crippen molar-refractivity contribution in [3.63, 3.8) is 0 Å². The molecule has 0 saturated carbocycles. The number of hydrogen-bond donors (Lipinski definition) is 2. The van der Waals surface area contributed by atoms with Gasteiger partial charge in [0.15, 0.2) is 0 Å². The molecule has 0 saturated heterocycles. The van der Waals surface area contributed by atoms with Crippen LogP contribution in [0.15, 0.2) is 24.3 Å². The van der Waals surface area contributed by atoms with E-state index in [2.05, 4.69) is 10.6 Å². The maximum Gasteiger partial charge on any atom is 0.225 e. The lowest BCUT2D eigenvalue weighted by atomic mass is 10.2. The molecule has 0 aliphatic rings. The number of amides is 1. The normalized spacial score (nSPS) is 9.53. The number of ether oxygens (including phenoxy) is 1. The van der Waals surface area contributed by atoms with Crippen molar-refractivity contribution in [1.82, 2.24) is 5.32 Å². The van der Waals surface area contributed by atoms with E-state index in [0.717, 1.165) is 11.3 Å². The highest BCUT2D eigenvalue weighted by Gasteiger charge is 2.05. The summed E-state index contributed by atoms with van der Waals surface area (Å²) < 4.78 is 5.07. The van der Waals surface area contributed by atoms with Crippen LogP contribution in [-0.2, 0) is 16.1 Å². The van der Waals surface area contributed by atoms with Gasteiger partial charge < -0.3 is 15.4 Å². The largest absolute Gasteiger partial charge is 0.380 e. The summed E-state index contributed by atoms with van der Waals surface area (Å²) in [5.41, 5.74) is 1.81. The summed E-state index contributed by atoms with van der Waals surface area (Å²) in [4.78, 5) is 11.5. The average molecular weight is 259 g/mol. The van der Waals surface area contributed by atoms with E-state index in [1.165, 1.54) is 0 Å². The van der Waals surface area contributed by atoms with Gasteiger partial charge in [-0.3, -0.25) is 4.79 Å². The molecular weight excluding hydrogens is 240 g/mol. The highest BCUT2D eigenvalue weighted by molar-refractivity contribution is 5.91. The minimum atomic E-state index is 0. The molecule has 1 aromatic rings. The number of halogens is 1. The van der Waals surface area contributed by atoms with Crippen molar-refractivity contribution in [2.45, 2.75) is 13.0 Å². The van der Waals surface area contributed by atoms with Gasteiger partial charge >= 0.3 is 0 Å². The number of rotatable bonds is 6. The van der Waals surface area contributed by atoms with Crippen molar-refractivity contribution in [3.05, 3.63) is 29.8 Å². The Morgan fingerprint density at radius 1 is 1.35 bits per heavy atom. The minimum Gasteiger partial charge on any atom is -0.380 e. The summed E-state index contributed by atoms with van der Waals surface area (Å²) in [6, 6.07) is 7.65. The topological polar surface area (TPSA) is 50.4 Å². The molecule has 0 unspecified atom stereocenters. The Kier molecular flexibility index (Phi) is 8.40. The van der Waals surface area contributed by atoms with Gasteiger partial charge in [-0.15, -0.1) is 12.4 Å². The van der Waals surface area contributed by atoms with Crippen LogP contribution in [0.2, 0.25) is 0 Å². The maximum absolute atomic E-state index is 11.5. The molecule has 17 heavy (non-hydrogen) atoms. The molecule has 1 aromatic carbocycles. The summed E-state index contributed by atoms with van der Waals surface area (Å²) in [7, 11) is 3.46. The highest BCUT2D eigenvalue weighted by atomic mass is 35.5. The van der Waals surface area contributed by atoms with Crippen LogP contribution in [0.25, 0.3) is 0 Å². The van der Waals surface area contributed by atoms with Crippen molar-refractivity contribution >= 4 is 24.0 Å². The molecule has 2 N–H and O–H groups in total. The summed E-state index contributed by atoms with van der Waals surface area (Å²) in [5.74, 6) is 0.0119. The molecule has 96 valence electrons. The van der Waals surface area contributed by atoms with Gasteiger partial charge in [-0.2, -0.15) is 0 Å². The molecular formula is C12H19ClN2O2. The van der Waals surface area contributed by atoms with E-state index in [0.29, 0.717) is 19.6 Å². The second-order valence-corrected chi connectivity index (χ2v) is 3.49. The van der Waals surface area contributed by atoms with Crippen molar-refractivity contribution < 1.29 is 9.53 Å². The Labute approximate surface area is 108 Å². The number of hydrogen-bond acceptors (Lipinski definition) is 3. The number of nitrogens with one attached hydrogen (secondary N) is 2. The summed E-state index contributed by atoms with van der Waals surface area (Å²) in [6.45, 7) is 1.18. The van der Waals surface area contributed by atoms with Gasteiger partial charge in [0.05, 0.1) is 6.61 Å². The molecule has 0 aliphatic carbocycles. The molecule has 5 heteroatoms. The van der Waals surface area contributed by atoms with Crippen LogP contribution in [0.5, 0.6) is 0 Å². The van der Waals surface area contributed by atoms with Crippen molar-refractivity contribution in [2.75, 3.05) is 26.0 Å². The Bertz CT molecular complexity index is 345. The molecule has 0 aromatic heterocycles. The number of benzene rings is 1. The Morgan fingerprint density at radius 3 is 2.71 bits per heavy atom. The first-order chi connectivity index (χ1) is 7.77. The molecule has 0 atom stereocenters. The standard InChI is InChI=1S/C12H18N2O2.ClH/c1-13-8-7-12(15)14-11-6-4-3-5-10(11)9-16-2;/h3-6,13H,7-9H2,1-2H3,(H,14,15);1H. The maximum atomic E-state index is 11.5. The van der Waals surface area contributed by atoms with Crippen LogP contribution in [0, 0.1) is 0 Å². The fourth-order valence-corrected chi connectivity index (χ4v) is 1.37. The van der Waals surface area contributed by atoms with Crippen LogP contribution in [0.4, 0.5) is 5.69 Å². The van der Waals surface area contributed by atoms with Crippen molar-refractivity contribution in [1.29, 1.82) is 0 Å². The Morgan fingerprint density at radius 2 is 2.06 bits per heavy atom. The van der Waals surface area contributed by atoms with E-state index < -0.39 is 0 Å². The molecule has 0 spiro atoms. The molecule has 1 amide bonds. The van der Waals surface area contributed by atoms with Gasteiger partial charge in [-0.25, -0.2) is 0 Å². The summed E-state index contributed by atoms with van der Waals surface area (Å²) in [6.07, 6.45) is 0.470. The number of anilines is 1. The Hall–Kier alpha value is -1.10. The van der Waals surface area contributed by atoms with E-state index in [4.69, 9.17) is 4.74 Å². The van der Waals surface area contributed by atoms with Crippen LogP contribution in [0.1, 0.15) is 12.0 Å². The van der Waals surface area contributed by atoms with E-state index >= 15 is 0 Å². The predicted molar refractivity (Wildman–Crippen MR) is 71.6 cm³/mol. The molecule has 0 heterocycles. The Balaban J connectivity index is 0.00000256. The van der Waals surface area contributed by atoms with Crippen molar-refractivity contribution in [2.24, 2.45) is 0 Å². The SMILES string of the molecule is CNCCC(=O)Nc1ccccc1COC.Cl. The van der Waals surface area contributed by atoms with E-state index in [-0.39, 0.29) is 18.3 Å². The highest BCUT2D eigenvalue weighted by Crippen LogP contribution is 2.15. The van der Waals surface area contributed by atoms with Crippen LogP contribution < -0.4 is 10.6 Å². The predicted octanol–water partition coefficient (Wildman–Crippen LogP) is 1.80. The lowest BCUT2D eigenvalue weighted by Gasteiger charge is -2.10. The zero-order valence-electron chi connectivity index (χ0n) is 10.2. The molecule has 0 aliphatic heterocycles. The van der Waals surface area contributed by atoms with Crippen molar-refractivity contribution in [3.8, 4) is 0 Å². The zero-order chi connectivity index (χ0) is 11.8. The van der Waals surface area contributed by atoms with E-state index in [9.17, 15) is 4.79 Å². The minimum absolute atomic E-state index is 0. The monoisotopic (exact) mass is 258 g/mol. The van der Waals surface area contributed by atoms with Gasteiger partial charge in [-0.05, 0) is 13.1 Å². The first-order valence-electron chi connectivity index (χ1n) is 5.29. The number of carbonyl (C=O) groups is 1. The smallest absolute Gasteiger partial charge is 0.225 e. The lowest BCUT2D eigenvalue weighted by Crippen LogP contribution is -2.19. The first-order valence-corrected chi connectivity index (χ1v) is 5.29. The summed E-state index contributed by atoms with van der Waals surface area (Å²) >= 11 is 0. The van der Waals surface area contributed by atoms with Crippen LogP contribution in [0.3, 0.4) is 0 Å². The third-order valence-electron chi connectivity index (χ3n) is 2.19. The number of carbonyl (C=O) groups excluding carboxylic acids is 1. The molecule has 1 rings (SSSR count). The van der Waals surface area contributed by atoms with Gasteiger partial charge in [0, 0.05) is 31.3 Å². The molecule has 0 bridgehead atoms. The van der Waals surface area contributed by atoms with Gasteiger partial charge in [-0.1, -0.05) is 18.2 Å². The fraction of sp³-hybridized carbons (Fsp3) is 0.417. The third-order valence-corrected chi connectivity index (χ3v) is 2.19. The van der Waals surface area contributed by atoms with Gasteiger partial charge in [0.25, 0.3) is 0 Å². The molecule has 0 fully saturated rings. The second-order valence-electron chi connectivity index (χ2n) is 3.49. The van der Waals surface area contributed by atoms with E-state index in [1.54, 1.807) is 7.11 Å². The van der Waals surface area contributed by atoms with Gasteiger partial charge in [0.1, 0.15) is 0 Å². The quantitative estimate of drug-likeness (QED) is 0.818. The second kappa shape index (κ2) is 8.98. The first kappa shape index (κ1) is 15.9. The zero-order valence-corrected chi connectivity index (χ0v) is 11.0. The summed E-state index contributed by atoms with van der Waals surface area (Å²) in [5, 5.41) is 5.81. The van der Waals surface area contributed by atoms with E-state index in [1.807, 2.05) is 31.3 Å². The van der Waals surface area contributed by atoms with Crippen LogP contribution in [-0.4, -0.2) is 26.6 Å². The molecule has 4 nitrogen and oxygen atoms in total. The number of methoxy groups -OCH3 is 1. The number of para-hydroxylation sites is 1.